The molecule has 0 spiro atoms. The van der Waals surface area contributed by atoms with Crippen LogP contribution in [0.5, 0.6) is 6.08 Å². The summed E-state index contributed by atoms with van der Waals surface area (Å²) >= 11 is 4.52. The average molecular weight is 560 g/mol. The summed E-state index contributed by atoms with van der Waals surface area (Å²) in [7, 11) is 0. The van der Waals surface area contributed by atoms with Crippen molar-refractivity contribution in [1.29, 1.82) is 0 Å². The third kappa shape index (κ3) is 3.70. The summed E-state index contributed by atoms with van der Waals surface area (Å²) in [5.41, 5.74) is 0.848. The van der Waals surface area contributed by atoms with Gasteiger partial charge in [-0.25, -0.2) is 0 Å². The van der Waals surface area contributed by atoms with Crippen LogP contribution in [-0.2, 0) is 0 Å². The molecule has 6 heteroatoms. The van der Waals surface area contributed by atoms with Gasteiger partial charge in [-0.1, -0.05) is 0 Å². The number of nitrogens with zero attached hydrogens (tertiary/aromatic N) is 1. The minimum atomic E-state index is -3.39. The number of fused-ring (bicyclic) bond motifs is 1. The van der Waals surface area contributed by atoms with E-state index in [1.807, 2.05) is 43.3 Å². The van der Waals surface area contributed by atoms with Crippen molar-refractivity contribution in [2.75, 3.05) is 6.61 Å². The van der Waals surface area contributed by atoms with Crippen molar-refractivity contribution in [3.8, 4) is 6.08 Å². The van der Waals surface area contributed by atoms with Gasteiger partial charge in [-0.15, -0.1) is 0 Å². The van der Waals surface area contributed by atoms with Crippen LogP contribution in [-0.4, -0.2) is 11.6 Å². The molecule has 0 saturated heterocycles. The van der Waals surface area contributed by atoms with Crippen molar-refractivity contribution < 1.29 is 9.15 Å². The fourth-order valence-corrected chi connectivity index (χ4v) is 13.2. The SMILES string of the molecule is CCOc1nc2cccc(C(C)P(Br)(c3ccccc3)(c3ccccc3)c3ccccc3)c2c(=O)o1. The van der Waals surface area contributed by atoms with E-state index in [0.29, 0.717) is 17.5 Å². The van der Waals surface area contributed by atoms with Crippen LogP contribution in [0.1, 0.15) is 25.1 Å². The Bertz CT molecular complexity index is 1460. The second-order valence-electron chi connectivity index (χ2n) is 8.70. The molecule has 5 rings (SSSR count). The van der Waals surface area contributed by atoms with Crippen molar-refractivity contribution in [2.45, 2.75) is 19.5 Å². The molecular formula is C30H27BrNO3P. The van der Waals surface area contributed by atoms with E-state index >= 15 is 0 Å². The first-order valence-electron chi connectivity index (χ1n) is 11.9. The number of hydrogen-bond acceptors (Lipinski definition) is 4. The molecule has 36 heavy (non-hydrogen) atoms. The molecular weight excluding hydrogens is 533 g/mol. The van der Waals surface area contributed by atoms with E-state index in [-0.39, 0.29) is 11.7 Å². The summed E-state index contributed by atoms with van der Waals surface area (Å²) in [4.78, 5) is 17.9. The molecule has 1 heterocycles. The minimum absolute atomic E-state index is 0.00897. The van der Waals surface area contributed by atoms with Gasteiger partial charge in [0.05, 0.1) is 0 Å². The van der Waals surface area contributed by atoms with Gasteiger partial charge in [-0.3, -0.25) is 0 Å². The number of rotatable bonds is 7. The maximum absolute atomic E-state index is 13.4. The summed E-state index contributed by atoms with van der Waals surface area (Å²) in [6, 6.07) is 37.4. The predicted molar refractivity (Wildman–Crippen MR) is 154 cm³/mol. The molecule has 0 aliphatic rings. The Hall–Kier alpha value is -3.27. The van der Waals surface area contributed by atoms with Crippen LogP contribution in [0.2, 0.25) is 0 Å². The second-order valence-corrected chi connectivity index (χ2v) is 17.6. The molecule has 0 N–H and O–H groups in total. The van der Waals surface area contributed by atoms with Gasteiger partial charge in [0, 0.05) is 0 Å². The molecule has 1 aromatic heterocycles. The monoisotopic (exact) mass is 559 g/mol. The Labute approximate surface area is 218 Å². The Morgan fingerprint density at radius 3 is 1.78 bits per heavy atom. The van der Waals surface area contributed by atoms with Crippen molar-refractivity contribution in [3.05, 3.63) is 125 Å². The Kier molecular flexibility index (Phi) is 6.55. The Balaban J connectivity index is 1.91. The van der Waals surface area contributed by atoms with Crippen LogP contribution in [0, 0.1) is 0 Å². The van der Waals surface area contributed by atoms with Gasteiger partial charge >= 0.3 is 219 Å². The third-order valence-corrected chi connectivity index (χ3v) is 18.1. The molecule has 1 atom stereocenters. The zero-order valence-corrected chi connectivity index (χ0v) is 22.7. The summed E-state index contributed by atoms with van der Waals surface area (Å²) in [5.74, 6) is 0. The summed E-state index contributed by atoms with van der Waals surface area (Å²) < 4.78 is 10.9. The van der Waals surface area contributed by atoms with Crippen molar-refractivity contribution in [2.24, 2.45) is 0 Å². The van der Waals surface area contributed by atoms with Crippen molar-refractivity contribution in [1.82, 2.24) is 4.98 Å². The van der Waals surface area contributed by atoms with Crippen LogP contribution in [0.15, 0.2) is 118 Å². The van der Waals surface area contributed by atoms with Gasteiger partial charge < -0.3 is 0 Å². The Morgan fingerprint density at radius 2 is 1.31 bits per heavy atom. The van der Waals surface area contributed by atoms with Crippen molar-refractivity contribution >= 4 is 47.6 Å². The van der Waals surface area contributed by atoms with E-state index in [1.54, 1.807) is 0 Å². The Morgan fingerprint density at radius 1 is 0.806 bits per heavy atom. The number of hydrogen-bond donors (Lipinski definition) is 0. The number of halogens is 1. The maximum atomic E-state index is 13.4. The van der Waals surface area contributed by atoms with Crippen LogP contribution < -0.4 is 26.3 Å². The topological polar surface area (TPSA) is 52.3 Å². The molecule has 0 fully saturated rings. The summed E-state index contributed by atoms with van der Waals surface area (Å²) in [6.45, 7) is 4.40. The molecule has 0 amide bonds. The quantitative estimate of drug-likeness (QED) is 0.214. The summed E-state index contributed by atoms with van der Waals surface area (Å²) in [5, 5.41) is 0.608. The van der Waals surface area contributed by atoms with Crippen LogP contribution >= 0.6 is 20.8 Å². The van der Waals surface area contributed by atoms with E-state index < -0.39 is 10.9 Å². The molecule has 1 unspecified atom stereocenters. The van der Waals surface area contributed by atoms with Gasteiger partial charge in [0.25, 0.3) is 0 Å². The van der Waals surface area contributed by atoms with Crippen LogP contribution in [0.25, 0.3) is 10.9 Å². The van der Waals surface area contributed by atoms with Gasteiger partial charge in [0.2, 0.25) is 0 Å². The van der Waals surface area contributed by atoms with E-state index in [9.17, 15) is 4.79 Å². The van der Waals surface area contributed by atoms with Crippen molar-refractivity contribution in [3.63, 3.8) is 0 Å². The van der Waals surface area contributed by atoms with E-state index in [0.717, 1.165) is 5.56 Å². The molecule has 4 nitrogen and oxygen atoms in total. The molecule has 4 aromatic carbocycles. The molecule has 0 saturated carbocycles. The van der Waals surface area contributed by atoms with Crippen LogP contribution in [0.4, 0.5) is 0 Å². The first-order chi connectivity index (χ1) is 17.5. The molecule has 0 bridgehead atoms. The molecule has 0 aliphatic heterocycles. The fourth-order valence-electron chi connectivity index (χ4n) is 5.20. The third-order valence-electron chi connectivity index (χ3n) is 6.90. The normalized spacial score (nSPS) is 13.6. The van der Waals surface area contributed by atoms with Gasteiger partial charge in [-0.2, -0.15) is 0 Å². The van der Waals surface area contributed by atoms with E-state index in [4.69, 9.17) is 9.15 Å². The predicted octanol–water partition coefficient (Wildman–Crippen LogP) is 6.49. The molecule has 0 aliphatic carbocycles. The van der Waals surface area contributed by atoms with E-state index in [1.165, 1.54) is 15.9 Å². The van der Waals surface area contributed by atoms with E-state index in [2.05, 4.69) is 100 Å². The number of benzene rings is 4. The first-order valence-corrected chi connectivity index (χ1v) is 16.3. The zero-order chi connectivity index (χ0) is 25.2. The average Bonchev–Trinajstić information content (AvgIpc) is 2.93. The first kappa shape index (κ1) is 24.4. The van der Waals surface area contributed by atoms with Crippen LogP contribution in [0.3, 0.4) is 0 Å². The molecule has 5 aromatic rings. The molecule has 0 radical (unpaired) electrons. The second kappa shape index (κ2) is 9.65. The standard InChI is InChI=1S/C30H27BrNO3P/c1-3-34-30-32-27-21-13-20-26(28(27)29(33)35-30)22(2)36(31,23-14-7-4-8-15-23,24-16-9-5-10-17-24)25-18-11-6-12-19-25/h4-22H,3H2,1-2H3. The number of ether oxygens (including phenoxy) is 1. The zero-order valence-electron chi connectivity index (χ0n) is 20.2. The fraction of sp³-hybridized carbons (Fsp3) is 0.133. The van der Waals surface area contributed by atoms with Gasteiger partial charge in [0.15, 0.2) is 0 Å². The summed E-state index contributed by atoms with van der Waals surface area (Å²) in [6.07, 6.45) is -0.00897. The molecule has 182 valence electrons. The number of aromatic nitrogens is 1. The van der Waals surface area contributed by atoms with Gasteiger partial charge in [0.1, 0.15) is 0 Å². The van der Waals surface area contributed by atoms with Gasteiger partial charge in [-0.05, 0) is 0 Å².